The molecule has 0 aliphatic heterocycles. The Balaban J connectivity index is 3.07. The summed E-state index contributed by atoms with van der Waals surface area (Å²) in [4.78, 5) is 0. The van der Waals surface area contributed by atoms with Crippen molar-refractivity contribution in [3.8, 4) is 11.5 Å². The van der Waals surface area contributed by atoms with Crippen LogP contribution in [0.4, 0.5) is 22.0 Å². The molecule has 0 atom stereocenters. The molecule has 1 aromatic rings. The highest BCUT2D eigenvalue weighted by Gasteiger charge is 2.32. The predicted octanol–water partition coefficient (Wildman–Crippen LogP) is 4.71. The Labute approximate surface area is 109 Å². The monoisotopic (exact) mass is 384 g/mol. The lowest BCUT2D eigenvalue weighted by atomic mass is 10.3. The highest BCUT2D eigenvalue weighted by Crippen LogP contribution is 2.39. The van der Waals surface area contributed by atoms with E-state index < -0.39 is 24.5 Å². The van der Waals surface area contributed by atoms with Gasteiger partial charge < -0.3 is 9.47 Å². The maximum atomic E-state index is 12.0. The molecule has 17 heavy (non-hydrogen) atoms. The van der Waals surface area contributed by atoms with Gasteiger partial charge >= 0.3 is 13.0 Å². The van der Waals surface area contributed by atoms with Crippen LogP contribution >= 0.6 is 31.9 Å². The maximum Gasteiger partial charge on any atom is 0.573 e. The minimum Gasteiger partial charge on any atom is -0.435 e. The van der Waals surface area contributed by atoms with Crippen LogP contribution in [0.5, 0.6) is 11.5 Å². The third-order valence-corrected chi connectivity index (χ3v) is 3.39. The molecule has 0 N–H and O–H groups in total. The second-order valence-corrected chi connectivity index (χ2v) is 4.29. The van der Waals surface area contributed by atoms with Crippen LogP contribution in [0.1, 0.15) is 0 Å². The topological polar surface area (TPSA) is 18.5 Å². The van der Waals surface area contributed by atoms with Crippen LogP contribution in [-0.4, -0.2) is 13.0 Å². The number of alkyl halides is 5. The predicted molar refractivity (Wildman–Crippen MR) is 55.2 cm³/mol. The number of hydrogen-bond acceptors (Lipinski definition) is 2. The summed E-state index contributed by atoms with van der Waals surface area (Å²) in [5, 5.41) is 0. The summed E-state index contributed by atoms with van der Waals surface area (Å²) >= 11 is 5.69. The molecule has 2 nitrogen and oxygen atoms in total. The van der Waals surface area contributed by atoms with Gasteiger partial charge in [-0.25, -0.2) is 0 Å². The molecule has 0 aliphatic carbocycles. The van der Waals surface area contributed by atoms with Gasteiger partial charge in [-0.3, -0.25) is 0 Å². The first-order chi connectivity index (χ1) is 7.69. The Bertz CT molecular complexity index is 408. The Morgan fingerprint density at radius 2 is 1.71 bits per heavy atom. The van der Waals surface area contributed by atoms with Gasteiger partial charge in [0.25, 0.3) is 0 Å². The molecule has 0 saturated heterocycles. The van der Waals surface area contributed by atoms with E-state index >= 15 is 0 Å². The highest BCUT2D eigenvalue weighted by atomic mass is 79.9. The van der Waals surface area contributed by atoms with E-state index in [0.29, 0.717) is 6.07 Å². The summed E-state index contributed by atoms with van der Waals surface area (Å²) in [5.74, 6) is -1.13. The summed E-state index contributed by atoms with van der Waals surface area (Å²) in [6.07, 6.45) is -4.93. The van der Waals surface area contributed by atoms with Crippen LogP contribution in [0.2, 0.25) is 0 Å². The van der Waals surface area contributed by atoms with Crippen molar-refractivity contribution < 1.29 is 31.4 Å². The first kappa shape index (κ1) is 14.5. The van der Waals surface area contributed by atoms with Crippen molar-refractivity contribution in [2.75, 3.05) is 0 Å². The normalized spacial score (nSPS) is 11.8. The van der Waals surface area contributed by atoms with E-state index in [0.717, 1.165) is 6.07 Å². The average Bonchev–Trinajstić information content (AvgIpc) is 2.09. The standard InChI is InChI=1S/C8H3Br2F5O2/c9-4-1-3(16-7(11)12)2-5(6(4)10)17-8(13,14)15/h1-2,7H. The maximum absolute atomic E-state index is 12.0. The molecule has 96 valence electrons. The van der Waals surface area contributed by atoms with E-state index in [1.54, 1.807) is 0 Å². The molecule has 0 radical (unpaired) electrons. The molecule has 1 rings (SSSR count). The lowest BCUT2D eigenvalue weighted by Gasteiger charge is -2.13. The zero-order valence-corrected chi connectivity index (χ0v) is 10.9. The minimum absolute atomic E-state index is 0.0589. The molecule has 0 bridgehead atoms. The zero-order valence-electron chi connectivity index (χ0n) is 7.69. The molecule has 0 aliphatic rings. The largest absolute Gasteiger partial charge is 0.573 e. The van der Waals surface area contributed by atoms with E-state index in [9.17, 15) is 22.0 Å². The van der Waals surface area contributed by atoms with E-state index in [2.05, 4.69) is 41.3 Å². The summed E-state index contributed by atoms with van der Waals surface area (Å²) in [7, 11) is 0. The van der Waals surface area contributed by atoms with Crippen molar-refractivity contribution in [1.82, 2.24) is 0 Å². The summed E-state index contributed by atoms with van der Waals surface area (Å²) in [6, 6.07) is 1.79. The average molecular weight is 386 g/mol. The zero-order chi connectivity index (χ0) is 13.2. The lowest BCUT2D eigenvalue weighted by molar-refractivity contribution is -0.274. The fraction of sp³-hybridized carbons (Fsp3) is 0.250. The Morgan fingerprint density at radius 1 is 1.12 bits per heavy atom. The first-order valence-electron chi connectivity index (χ1n) is 3.88. The number of rotatable bonds is 3. The lowest BCUT2D eigenvalue weighted by Crippen LogP contribution is -2.17. The van der Waals surface area contributed by atoms with Gasteiger partial charge in [0.05, 0.1) is 4.47 Å². The van der Waals surface area contributed by atoms with Crippen molar-refractivity contribution in [1.29, 1.82) is 0 Å². The molecule has 9 heteroatoms. The highest BCUT2D eigenvalue weighted by molar-refractivity contribution is 9.13. The van der Waals surface area contributed by atoms with Gasteiger partial charge in [0.15, 0.2) is 0 Å². The summed E-state index contributed by atoms with van der Waals surface area (Å²) in [6.45, 7) is -3.14. The Kier molecular flexibility index (Phi) is 4.59. The van der Waals surface area contributed by atoms with E-state index in [4.69, 9.17) is 0 Å². The van der Waals surface area contributed by atoms with E-state index in [1.165, 1.54) is 0 Å². The van der Waals surface area contributed by atoms with Crippen molar-refractivity contribution in [2.24, 2.45) is 0 Å². The fourth-order valence-corrected chi connectivity index (χ4v) is 1.64. The van der Waals surface area contributed by atoms with Gasteiger partial charge in [0.2, 0.25) is 0 Å². The quantitative estimate of drug-likeness (QED) is 0.701. The Hall–Kier alpha value is -0.570. The molecule has 0 spiro atoms. The van der Waals surface area contributed by atoms with Gasteiger partial charge in [-0.15, -0.1) is 13.2 Å². The smallest absolute Gasteiger partial charge is 0.435 e. The molecule has 0 unspecified atom stereocenters. The van der Waals surface area contributed by atoms with Crippen LogP contribution in [0.3, 0.4) is 0 Å². The fourth-order valence-electron chi connectivity index (χ4n) is 0.910. The molecule has 0 heterocycles. The third-order valence-electron chi connectivity index (χ3n) is 1.42. The molecule has 0 saturated carbocycles. The van der Waals surface area contributed by atoms with Crippen LogP contribution in [0.25, 0.3) is 0 Å². The second-order valence-electron chi connectivity index (χ2n) is 2.64. The Morgan fingerprint density at radius 3 is 2.18 bits per heavy atom. The van der Waals surface area contributed by atoms with E-state index in [1.807, 2.05) is 0 Å². The molecule has 0 aromatic heterocycles. The molecule has 0 fully saturated rings. The SMILES string of the molecule is FC(F)Oc1cc(Br)c(Br)c(OC(F)(F)F)c1. The van der Waals surface area contributed by atoms with Gasteiger partial charge in [-0.05, 0) is 37.9 Å². The van der Waals surface area contributed by atoms with Gasteiger partial charge in [0.1, 0.15) is 11.5 Å². The number of hydrogen-bond donors (Lipinski definition) is 0. The number of benzene rings is 1. The van der Waals surface area contributed by atoms with Gasteiger partial charge in [-0.1, -0.05) is 0 Å². The summed E-state index contributed by atoms with van der Waals surface area (Å²) in [5.41, 5.74) is 0. The molecule has 0 amide bonds. The van der Waals surface area contributed by atoms with E-state index in [-0.39, 0.29) is 8.95 Å². The number of halogens is 7. The van der Waals surface area contributed by atoms with Gasteiger partial charge in [0, 0.05) is 10.5 Å². The van der Waals surface area contributed by atoms with Crippen molar-refractivity contribution >= 4 is 31.9 Å². The molecule has 1 aromatic carbocycles. The first-order valence-corrected chi connectivity index (χ1v) is 5.47. The third kappa shape index (κ3) is 4.66. The molecular formula is C8H3Br2F5O2. The van der Waals surface area contributed by atoms with Crippen LogP contribution in [0.15, 0.2) is 21.1 Å². The second kappa shape index (κ2) is 5.38. The summed E-state index contributed by atoms with van der Waals surface area (Å²) < 4.78 is 67.5. The van der Waals surface area contributed by atoms with Gasteiger partial charge in [-0.2, -0.15) is 8.78 Å². The van der Waals surface area contributed by atoms with Crippen molar-refractivity contribution in [3.05, 3.63) is 21.1 Å². The number of ether oxygens (including phenoxy) is 2. The van der Waals surface area contributed by atoms with Crippen LogP contribution < -0.4 is 9.47 Å². The minimum atomic E-state index is -4.93. The van der Waals surface area contributed by atoms with Crippen LogP contribution in [-0.2, 0) is 0 Å². The molecular weight excluding hydrogens is 383 g/mol. The van der Waals surface area contributed by atoms with Crippen molar-refractivity contribution in [2.45, 2.75) is 13.0 Å². The van der Waals surface area contributed by atoms with Crippen molar-refractivity contribution in [3.63, 3.8) is 0 Å². The van der Waals surface area contributed by atoms with Crippen LogP contribution in [0, 0.1) is 0 Å².